The fourth-order valence-corrected chi connectivity index (χ4v) is 0.204. The predicted molar refractivity (Wildman–Crippen MR) is 18.2 cm³/mol. The first kappa shape index (κ1) is 5.88. The van der Waals surface area contributed by atoms with Crippen LogP contribution < -0.4 is 0 Å². The van der Waals surface area contributed by atoms with E-state index in [9.17, 15) is 0 Å². The van der Waals surface area contributed by atoms with E-state index in [4.69, 9.17) is 0 Å². The van der Waals surface area contributed by atoms with Gasteiger partial charge in [-0.15, -0.1) is 6.42 Å². The van der Waals surface area contributed by atoms with Crippen molar-refractivity contribution in [1.82, 2.24) is 0 Å². The topological polar surface area (TPSA) is 0 Å². The van der Waals surface area contributed by atoms with Gasteiger partial charge in [0.25, 0.3) is 0 Å². The second-order valence-electron chi connectivity index (χ2n) is 1.22. The zero-order valence-corrected chi connectivity index (χ0v) is 5.66. The quantitative estimate of drug-likeness (QED) is 0.453. The molecule has 0 spiro atoms. The SMILES string of the molecule is [CH-]1CCC1.[Zr]. The molecule has 0 heterocycles. The Labute approximate surface area is 52.1 Å². The summed E-state index contributed by atoms with van der Waals surface area (Å²) in [5, 5.41) is 0. The first-order valence-electron chi connectivity index (χ1n) is 1.82. The molecule has 0 radical (unpaired) electrons. The van der Waals surface area contributed by atoms with Crippen LogP contribution in [0.25, 0.3) is 0 Å². The molecule has 0 aromatic heterocycles. The van der Waals surface area contributed by atoms with Crippen molar-refractivity contribution in [3.8, 4) is 0 Å². The van der Waals surface area contributed by atoms with E-state index in [0.29, 0.717) is 0 Å². The predicted octanol–water partition coefficient (Wildman–Crippen LogP) is 1.37. The van der Waals surface area contributed by atoms with Gasteiger partial charge in [0.1, 0.15) is 0 Å². The Balaban J connectivity index is 0.000000160. The van der Waals surface area contributed by atoms with Gasteiger partial charge in [-0.1, -0.05) is 0 Å². The van der Waals surface area contributed by atoms with Crippen LogP contribution in [-0.4, -0.2) is 0 Å². The Hall–Kier alpha value is 0.883. The average Bonchev–Trinajstić information content (AvgIpc) is 0.722. The van der Waals surface area contributed by atoms with Gasteiger partial charge in [0.05, 0.1) is 0 Å². The number of hydrogen-bond acceptors (Lipinski definition) is 0. The van der Waals surface area contributed by atoms with Crippen molar-refractivity contribution in [2.75, 3.05) is 0 Å². The normalized spacial score (nSPS) is 19.2. The maximum atomic E-state index is 2.31. The van der Waals surface area contributed by atoms with Crippen molar-refractivity contribution in [3.63, 3.8) is 0 Å². The van der Waals surface area contributed by atoms with Crippen LogP contribution in [-0.2, 0) is 26.2 Å². The molecule has 1 aliphatic carbocycles. The van der Waals surface area contributed by atoms with E-state index in [2.05, 4.69) is 6.42 Å². The average molecular weight is 146 g/mol. The van der Waals surface area contributed by atoms with Crippen LogP contribution in [0.5, 0.6) is 0 Å². The fourth-order valence-electron chi connectivity index (χ4n) is 0.204. The van der Waals surface area contributed by atoms with Crippen LogP contribution in [0, 0.1) is 6.42 Å². The van der Waals surface area contributed by atoms with Crippen LogP contribution in [0.4, 0.5) is 0 Å². The molecule has 1 fully saturated rings. The van der Waals surface area contributed by atoms with Crippen molar-refractivity contribution in [2.24, 2.45) is 0 Å². The molecule has 0 aromatic rings. The molecule has 0 atom stereocenters. The Morgan fingerprint density at radius 1 is 1.20 bits per heavy atom. The van der Waals surface area contributed by atoms with E-state index in [1.165, 1.54) is 19.3 Å². The summed E-state index contributed by atoms with van der Waals surface area (Å²) in [6, 6.07) is 0. The van der Waals surface area contributed by atoms with Crippen molar-refractivity contribution >= 4 is 0 Å². The van der Waals surface area contributed by atoms with Gasteiger partial charge in [0.15, 0.2) is 0 Å². The molecular formula is C4H7Zr-. The molecule has 0 amide bonds. The van der Waals surface area contributed by atoms with E-state index in [1.807, 2.05) is 0 Å². The Bertz CT molecular complexity index is 11.6. The molecule has 1 heteroatoms. The van der Waals surface area contributed by atoms with Crippen molar-refractivity contribution in [1.29, 1.82) is 0 Å². The maximum absolute atomic E-state index is 2.31. The molecule has 28 valence electrons. The molecule has 0 bridgehead atoms. The summed E-state index contributed by atoms with van der Waals surface area (Å²) in [6.07, 6.45) is 6.50. The Morgan fingerprint density at radius 3 is 1.40 bits per heavy atom. The third-order valence-corrected chi connectivity index (χ3v) is 0.816. The number of rotatable bonds is 0. The van der Waals surface area contributed by atoms with E-state index in [1.54, 1.807) is 0 Å². The molecule has 5 heavy (non-hydrogen) atoms. The molecule has 1 saturated carbocycles. The molecule has 0 aliphatic heterocycles. The Kier molecular flexibility index (Phi) is 3.63. The van der Waals surface area contributed by atoms with E-state index in [-0.39, 0.29) is 26.2 Å². The van der Waals surface area contributed by atoms with Crippen LogP contribution in [0.3, 0.4) is 0 Å². The summed E-state index contributed by atoms with van der Waals surface area (Å²) < 4.78 is 0. The van der Waals surface area contributed by atoms with Gasteiger partial charge < -0.3 is 6.42 Å². The van der Waals surface area contributed by atoms with E-state index in [0.717, 1.165) is 0 Å². The second kappa shape index (κ2) is 3.09. The summed E-state index contributed by atoms with van der Waals surface area (Å²) in [5.41, 5.74) is 0. The van der Waals surface area contributed by atoms with Gasteiger partial charge in [-0.25, -0.2) is 0 Å². The van der Waals surface area contributed by atoms with Crippen LogP contribution in [0.15, 0.2) is 0 Å². The standard InChI is InChI=1S/C4H7.Zr/c1-2-4-3-1;/h1H,2-4H2;/q-1;. The molecular weight excluding hydrogens is 139 g/mol. The third kappa shape index (κ3) is 1.70. The van der Waals surface area contributed by atoms with Gasteiger partial charge in [-0.2, -0.15) is 12.8 Å². The van der Waals surface area contributed by atoms with E-state index >= 15 is 0 Å². The minimum atomic E-state index is 0. The molecule has 0 saturated heterocycles. The fraction of sp³-hybridized carbons (Fsp3) is 0.750. The third-order valence-electron chi connectivity index (χ3n) is 0.816. The first-order chi connectivity index (χ1) is 2.00. The summed E-state index contributed by atoms with van der Waals surface area (Å²) in [5.74, 6) is 0. The number of hydrogen-bond donors (Lipinski definition) is 0. The van der Waals surface area contributed by atoms with Gasteiger partial charge >= 0.3 is 0 Å². The van der Waals surface area contributed by atoms with Crippen LogP contribution in [0.1, 0.15) is 19.3 Å². The second-order valence-corrected chi connectivity index (χ2v) is 1.22. The minimum Gasteiger partial charge on any atom is -0.329 e. The summed E-state index contributed by atoms with van der Waals surface area (Å²) in [4.78, 5) is 0. The molecule has 0 unspecified atom stereocenters. The van der Waals surface area contributed by atoms with Gasteiger partial charge in [-0.05, 0) is 0 Å². The smallest absolute Gasteiger partial charge is 0 e. The molecule has 0 aromatic carbocycles. The largest absolute Gasteiger partial charge is 0.329 e. The van der Waals surface area contributed by atoms with Crippen LogP contribution >= 0.6 is 0 Å². The van der Waals surface area contributed by atoms with Gasteiger partial charge in [0.2, 0.25) is 0 Å². The van der Waals surface area contributed by atoms with Gasteiger partial charge in [0, 0.05) is 26.2 Å². The van der Waals surface area contributed by atoms with Crippen LogP contribution in [0.2, 0.25) is 0 Å². The van der Waals surface area contributed by atoms with E-state index < -0.39 is 0 Å². The van der Waals surface area contributed by atoms with Crippen molar-refractivity contribution in [2.45, 2.75) is 19.3 Å². The summed E-state index contributed by atoms with van der Waals surface area (Å²) in [6.45, 7) is 0. The Morgan fingerprint density at radius 2 is 1.40 bits per heavy atom. The maximum Gasteiger partial charge on any atom is 0 e. The first-order valence-corrected chi connectivity index (χ1v) is 1.82. The summed E-state index contributed by atoms with van der Waals surface area (Å²) >= 11 is 0. The molecule has 1 aliphatic rings. The van der Waals surface area contributed by atoms with Crippen molar-refractivity contribution in [3.05, 3.63) is 6.42 Å². The molecule has 0 N–H and O–H groups in total. The van der Waals surface area contributed by atoms with Gasteiger partial charge in [-0.3, -0.25) is 0 Å². The molecule has 0 nitrogen and oxygen atoms in total. The van der Waals surface area contributed by atoms with Crippen molar-refractivity contribution < 1.29 is 26.2 Å². The summed E-state index contributed by atoms with van der Waals surface area (Å²) in [7, 11) is 0. The zero-order chi connectivity index (χ0) is 2.83. The zero-order valence-electron chi connectivity index (χ0n) is 3.20. The molecule has 1 rings (SSSR count). The minimum absolute atomic E-state index is 0. The monoisotopic (exact) mass is 145 g/mol.